The van der Waals surface area contributed by atoms with Gasteiger partial charge in [-0.2, -0.15) is 0 Å². The van der Waals surface area contributed by atoms with Gasteiger partial charge in [0.15, 0.2) is 5.76 Å². The highest BCUT2D eigenvalue weighted by Gasteiger charge is 2.33. The molecule has 0 bridgehead atoms. The third-order valence-electron chi connectivity index (χ3n) is 4.02. The normalized spacial score (nSPS) is 17.4. The molecule has 1 saturated heterocycles. The summed E-state index contributed by atoms with van der Waals surface area (Å²) in [6, 6.07) is 8.15. The van der Waals surface area contributed by atoms with E-state index in [1.54, 1.807) is 0 Å². The van der Waals surface area contributed by atoms with Gasteiger partial charge in [-0.05, 0) is 24.3 Å². The fraction of sp³-hybridized carbons (Fsp3) is 0.333. The van der Waals surface area contributed by atoms with Crippen molar-refractivity contribution in [3.05, 3.63) is 42.2 Å². The van der Waals surface area contributed by atoms with Crippen LogP contribution < -0.4 is 4.74 Å². The average molecular weight is 399 g/mol. The maximum atomic E-state index is 12.6. The highest BCUT2D eigenvalue weighted by molar-refractivity contribution is 5.92. The molecule has 1 aromatic carbocycles. The molecule has 10 heteroatoms. The highest BCUT2D eigenvalue weighted by atomic mass is 19.4. The molecule has 28 heavy (non-hydrogen) atoms. The number of halogens is 3. The minimum atomic E-state index is -4.87. The lowest BCUT2D eigenvalue weighted by atomic mass is 10.1. The summed E-state index contributed by atoms with van der Waals surface area (Å²) in [5.41, 5.74) is 0.0459. The number of benzene rings is 1. The van der Waals surface area contributed by atoms with Crippen LogP contribution in [0, 0.1) is 0 Å². The van der Waals surface area contributed by atoms with E-state index in [1.165, 1.54) is 35.2 Å². The predicted octanol–water partition coefficient (Wildman–Crippen LogP) is 3.16. The number of carbonyl (C=O) groups excluding carboxylic acids is 1. The van der Waals surface area contributed by atoms with Crippen molar-refractivity contribution in [2.24, 2.45) is 0 Å². The van der Waals surface area contributed by atoms with Crippen molar-refractivity contribution in [3.8, 4) is 17.1 Å². The van der Waals surface area contributed by atoms with Crippen molar-refractivity contribution >= 4 is 11.9 Å². The Bertz CT molecular complexity index is 863. The van der Waals surface area contributed by atoms with Crippen molar-refractivity contribution in [2.45, 2.75) is 18.9 Å². The first-order valence-corrected chi connectivity index (χ1v) is 8.30. The number of carboxylic acid groups (broad SMARTS) is 1. The first-order chi connectivity index (χ1) is 13.2. The Hall–Kier alpha value is -3.01. The molecule has 0 radical (unpaired) electrons. The van der Waals surface area contributed by atoms with Crippen LogP contribution in [0.25, 0.3) is 11.3 Å². The minimum absolute atomic E-state index is 0.0403. The molecular weight excluding hydrogens is 383 g/mol. The maximum absolute atomic E-state index is 12.6. The number of ether oxygens (including phenoxy) is 2. The van der Waals surface area contributed by atoms with Gasteiger partial charge in [0.25, 0.3) is 5.91 Å². The van der Waals surface area contributed by atoms with Crippen LogP contribution >= 0.6 is 0 Å². The monoisotopic (exact) mass is 399 g/mol. The number of amides is 1. The van der Waals surface area contributed by atoms with E-state index in [4.69, 9.17) is 14.3 Å². The fourth-order valence-electron chi connectivity index (χ4n) is 2.86. The second-order valence-electron chi connectivity index (χ2n) is 6.05. The summed E-state index contributed by atoms with van der Waals surface area (Å²) in [7, 11) is 0. The number of hydrogen-bond donors (Lipinski definition) is 1. The Labute approximate surface area is 157 Å². The van der Waals surface area contributed by atoms with Crippen molar-refractivity contribution in [1.29, 1.82) is 0 Å². The van der Waals surface area contributed by atoms with Gasteiger partial charge in [-0.1, -0.05) is 12.1 Å². The summed E-state index contributed by atoms with van der Waals surface area (Å²) >= 11 is 0. The highest BCUT2D eigenvalue weighted by Crippen LogP contribution is 2.34. The molecule has 1 aliphatic heterocycles. The summed E-state index contributed by atoms with van der Waals surface area (Å²) in [4.78, 5) is 24.8. The number of nitrogens with zero attached hydrogens (tertiary/aromatic N) is 1. The molecule has 0 saturated carbocycles. The number of carboxylic acids is 1. The van der Waals surface area contributed by atoms with E-state index in [2.05, 4.69) is 4.74 Å². The number of alkyl halides is 3. The maximum Gasteiger partial charge on any atom is 0.573 e. The topological polar surface area (TPSA) is 89.2 Å². The lowest BCUT2D eigenvalue weighted by Crippen LogP contribution is -2.46. The van der Waals surface area contributed by atoms with Gasteiger partial charge in [-0.3, -0.25) is 9.59 Å². The van der Waals surface area contributed by atoms with Crippen molar-refractivity contribution in [1.82, 2.24) is 4.90 Å². The van der Waals surface area contributed by atoms with E-state index in [9.17, 15) is 22.8 Å². The number of carbonyl (C=O) groups is 2. The molecule has 1 aliphatic rings. The van der Waals surface area contributed by atoms with E-state index >= 15 is 0 Å². The zero-order chi connectivity index (χ0) is 20.3. The largest absolute Gasteiger partial charge is 0.573 e. The lowest BCUT2D eigenvalue weighted by Gasteiger charge is -2.31. The second-order valence-corrected chi connectivity index (χ2v) is 6.05. The Morgan fingerprint density at radius 2 is 1.96 bits per heavy atom. The van der Waals surface area contributed by atoms with Crippen LogP contribution in [0.1, 0.15) is 17.0 Å². The molecule has 150 valence electrons. The van der Waals surface area contributed by atoms with E-state index in [0.29, 0.717) is 0 Å². The summed E-state index contributed by atoms with van der Waals surface area (Å²) in [6.07, 6.45) is -5.74. The second kappa shape index (κ2) is 7.93. The van der Waals surface area contributed by atoms with E-state index in [-0.39, 0.29) is 43.2 Å². The van der Waals surface area contributed by atoms with Crippen molar-refractivity contribution in [3.63, 3.8) is 0 Å². The van der Waals surface area contributed by atoms with Crippen LogP contribution in [0.2, 0.25) is 0 Å². The average Bonchev–Trinajstić information content (AvgIpc) is 3.09. The molecule has 0 aliphatic carbocycles. The van der Waals surface area contributed by atoms with Crippen LogP contribution in [0.15, 0.2) is 40.8 Å². The van der Waals surface area contributed by atoms with Gasteiger partial charge in [0.2, 0.25) is 0 Å². The van der Waals surface area contributed by atoms with Gasteiger partial charge >= 0.3 is 12.3 Å². The number of rotatable bonds is 5. The van der Waals surface area contributed by atoms with Gasteiger partial charge in [0, 0.05) is 13.1 Å². The zero-order valence-electron chi connectivity index (χ0n) is 14.4. The fourth-order valence-corrected chi connectivity index (χ4v) is 2.86. The molecule has 2 heterocycles. The summed E-state index contributed by atoms with van der Waals surface area (Å²) in [5.74, 6) is -2.03. The number of aliphatic carboxylic acids is 1. The molecule has 1 atom stereocenters. The van der Waals surface area contributed by atoms with Crippen LogP contribution in [-0.2, 0) is 9.53 Å². The number of hydrogen-bond acceptors (Lipinski definition) is 5. The molecule has 1 N–H and O–H groups in total. The number of para-hydroxylation sites is 1. The van der Waals surface area contributed by atoms with Gasteiger partial charge in [0.1, 0.15) is 11.5 Å². The van der Waals surface area contributed by atoms with Crippen LogP contribution in [0.5, 0.6) is 5.75 Å². The quantitative estimate of drug-likeness (QED) is 0.831. The number of furan rings is 1. The van der Waals surface area contributed by atoms with Gasteiger partial charge in [-0.25, -0.2) is 0 Å². The lowest BCUT2D eigenvalue weighted by molar-refractivity contribution is -0.274. The molecule has 3 rings (SSSR count). The van der Waals surface area contributed by atoms with Crippen LogP contribution in [0.4, 0.5) is 13.2 Å². The smallest absolute Gasteiger partial charge is 0.481 e. The van der Waals surface area contributed by atoms with Crippen molar-refractivity contribution in [2.75, 3.05) is 19.7 Å². The van der Waals surface area contributed by atoms with Crippen molar-refractivity contribution < 1.29 is 41.8 Å². The Morgan fingerprint density at radius 1 is 1.21 bits per heavy atom. The predicted molar refractivity (Wildman–Crippen MR) is 88.7 cm³/mol. The van der Waals surface area contributed by atoms with Crippen LogP contribution in [0.3, 0.4) is 0 Å². The Balaban J connectivity index is 1.77. The van der Waals surface area contributed by atoms with E-state index in [1.807, 2.05) is 0 Å². The first kappa shape index (κ1) is 19.7. The Kier molecular flexibility index (Phi) is 5.59. The van der Waals surface area contributed by atoms with E-state index in [0.717, 1.165) is 6.07 Å². The standard InChI is InChI=1S/C18H16F3NO6/c19-18(20,21)28-14-4-2-1-3-12(14)13-5-6-15(27-13)17(25)22-7-8-26-11(10-22)9-16(23)24/h1-6,11H,7-10H2,(H,23,24). The molecule has 7 nitrogen and oxygen atoms in total. The summed E-state index contributed by atoms with van der Waals surface area (Å²) in [6.45, 7) is 0.507. The SMILES string of the molecule is O=C(O)CC1CN(C(=O)c2ccc(-c3ccccc3OC(F)(F)F)o2)CCO1. The third kappa shape index (κ3) is 4.83. The zero-order valence-corrected chi connectivity index (χ0v) is 14.4. The molecule has 1 fully saturated rings. The van der Waals surface area contributed by atoms with Gasteiger partial charge in [-0.15, -0.1) is 13.2 Å². The van der Waals surface area contributed by atoms with Crippen LogP contribution in [-0.4, -0.2) is 54.0 Å². The number of morpholine rings is 1. The minimum Gasteiger partial charge on any atom is -0.481 e. The molecule has 1 aromatic heterocycles. The first-order valence-electron chi connectivity index (χ1n) is 8.30. The molecule has 0 spiro atoms. The van der Waals surface area contributed by atoms with Gasteiger partial charge < -0.3 is 23.9 Å². The van der Waals surface area contributed by atoms with Gasteiger partial charge in [0.05, 0.1) is 24.7 Å². The molecule has 1 unspecified atom stereocenters. The summed E-state index contributed by atoms with van der Waals surface area (Å²) < 4.78 is 52.5. The van der Waals surface area contributed by atoms with E-state index < -0.39 is 30.1 Å². The summed E-state index contributed by atoms with van der Waals surface area (Å²) in [5, 5.41) is 8.85. The molecule has 2 aromatic rings. The molecular formula is C18H16F3NO6. The Morgan fingerprint density at radius 3 is 2.68 bits per heavy atom. The molecule has 1 amide bonds. The third-order valence-corrected chi connectivity index (χ3v) is 4.02.